The molecule has 1 fully saturated rings. The van der Waals surface area contributed by atoms with Crippen LogP contribution in [0.5, 0.6) is 0 Å². The lowest BCUT2D eigenvalue weighted by atomic mass is 10.2. The van der Waals surface area contributed by atoms with Crippen LogP contribution in [0.3, 0.4) is 0 Å². The average molecular weight is 322 g/mol. The van der Waals surface area contributed by atoms with E-state index in [4.69, 9.17) is 0 Å². The van der Waals surface area contributed by atoms with Gasteiger partial charge in [0.15, 0.2) is 5.96 Å². The molecule has 0 spiro atoms. The number of carbonyl (C=O) groups excluding carboxylic acids is 1. The van der Waals surface area contributed by atoms with Crippen LogP contribution in [0.1, 0.15) is 32.8 Å². The Bertz CT molecular complexity index is 498. The molecular weight excluding hydrogens is 296 g/mol. The standard InChI is InChI=1S/C16H26N4OS/c1-4-17-16(18-9-13-6-8-22-11-13)19-14-5-7-20(10-14)15(21)12(2)3/h6,8,11-12,14H,4-5,7,9-10H2,1-3H3,(H2,17,18,19). The molecule has 2 heterocycles. The maximum atomic E-state index is 12.0. The van der Waals surface area contributed by atoms with Crippen LogP contribution in [0.4, 0.5) is 0 Å². The Hall–Kier alpha value is -1.56. The monoisotopic (exact) mass is 322 g/mol. The van der Waals surface area contributed by atoms with Gasteiger partial charge in [-0.15, -0.1) is 0 Å². The molecule has 0 radical (unpaired) electrons. The van der Waals surface area contributed by atoms with Crippen molar-refractivity contribution in [3.8, 4) is 0 Å². The van der Waals surface area contributed by atoms with E-state index in [0.29, 0.717) is 6.54 Å². The van der Waals surface area contributed by atoms with Crippen LogP contribution in [0.25, 0.3) is 0 Å². The predicted molar refractivity (Wildman–Crippen MR) is 92.1 cm³/mol. The van der Waals surface area contributed by atoms with Gasteiger partial charge in [0.05, 0.1) is 6.54 Å². The summed E-state index contributed by atoms with van der Waals surface area (Å²) < 4.78 is 0. The molecule has 0 bridgehead atoms. The molecule has 1 aliphatic rings. The number of aliphatic imine (C=N–C) groups is 1. The van der Waals surface area contributed by atoms with Crippen LogP contribution in [0.15, 0.2) is 21.8 Å². The third-order valence-corrected chi connectivity index (χ3v) is 4.41. The molecule has 2 rings (SSSR count). The van der Waals surface area contributed by atoms with Crippen molar-refractivity contribution in [3.63, 3.8) is 0 Å². The minimum absolute atomic E-state index is 0.0687. The van der Waals surface area contributed by atoms with Gasteiger partial charge in [-0.3, -0.25) is 4.79 Å². The molecule has 1 amide bonds. The van der Waals surface area contributed by atoms with Gasteiger partial charge in [-0.25, -0.2) is 4.99 Å². The number of nitrogens with one attached hydrogen (secondary N) is 2. The van der Waals surface area contributed by atoms with E-state index >= 15 is 0 Å². The Labute approximate surface area is 136 Å². The van der Waals surface area contributed by atoms with E-state index < -0.39 is 0 Å². The molecule has 1 atom stereocenters. The SMILES string of the molecule is CCNC(=NCc1ccsc1)NC1CCN(C(=O)C(C)C)C1. The van der Waals surface area contributed by atoms with Gasteiger partial charge in [-0.05, 0) is 35.7 Å². The van der Waals surface area contributed by atoms with Gasteiger partial charge in [0.25, 0.3) is 0 Å². The minimum atomic E-state index is 0.0687. The summed E-state index contributed by atoms with van der Waals surface area (Å²) in [6.45, 7) is 9.07. The molecule has 22 heavy (non-hydrogen) atoms. The van der Waals surface area contributed by atoms with Crippen LogP contribution in [0, 0.1) is 5.92 Å². The third-order valence-electron chi connectivity index (χ3n) is 3.68. The molecule has 2 N–H and O–H groups in total. The molecule has 122 valence electrons. The van der Waals surface area contributed by atoms with Crippen LogP contribution in [-0.4, -0.2) is 42.4 Å². The van der Waals surface area contributed by atoms with Crippen molar-refractivity contribution in [1.29, 1.82) is 0 Å². The summed E-state index contributed by atoms with van der Waals surface area (Å²) in [5.41, 5.74) is 1.23. The second-order valence-corrected chi connectivity index (χ2v) is 6.68. The zero-order valence-corrected chi connectivity index (χ0v) is 14.4. The Morgan fingerprint density at radius 2 is 2.36 bits per heavy atom. The number of hydrogen-bond acceptors (Lipinski definition) is 3. The summed E-state index contributed by atoms with van der Waals surface area (Å²) in [4.78, 5) is 18.6. The van der Waals surface area contributed by atoms with Crippen LogP contribution < -0.4 is 10.6 Å². The lowest BCUT2D eigenvalue weighted by Crippen LogP contribution is -2.45. The second-order valence-electron chi connectivity index (χ2n) is 5.90. The number of rotatable bonds is 5. The van der Waals surface area contributed by atoms with Gasteiger partial charge >= 0.3 is 0 Å². The first-order valence-electron chi connectivity index (χ1n) is 7.94. The fraction of sp³-hybridized carbons (Fsp3) is 0.625. The van der Waals surface area contributed by atoms with E-state index in [1.807, 2.05) is 18.7 Å². The Morgan fingerprint density at radius 3 is 3.00 bits per heavy atom. The molecule has 0 saturated carbocycles. The van der Waals surface area contributed by atoms with Crippen molar-refractivity contribution in [1.82, 2.24) is 15.5 Å². The fourth-order valence-corrected chi connectivity index (χ4v) is 3.17. The van der Waals surface area contributed by atoms with Crippen LogP contribution >= 0.6 is 11.3 Å². The number of thiophene rings is 1. The summed E-state index contributed by atoms with van der Waals surface area (Å²) in [6, 6.07) is 2.37. The smallest absolute Gasteiger partial charge is 0.225 e. The van der Waals surface area contributed by atoms with Gasteiger partial charge in [0.1, 0.15) is 0 Å². The lowest BCUT2D eigenvalue weighted by Gasteiger charge is -2.20. The van der Waals surface area contributed by atoms with Crippen molar-refractivity contribution in [3.05, 3.63) is 22.4 Å². The van der Waals surface area contributed by atoms with Crippen molar-refractivity contribution in [2.45, 2.75) is 39.8 Å². The molecule has 5 nitrogen and oxygen atoms in total. The molecule has 0 aromatic carbocycles. The molecule has 1 saturated heterocycles. The lowest BCUT2D eigenvalue weighted by molar-refractivity contribution is -0.133. The molecule has 1 unspecified atom stereocenters. The summed E-state index contributed by atoms with van der Waals surface area (Å²) in [6.07, 6.45) is 0.974. The normalized spacial score (nSPS) is 18.8. The van der Waals surface area contributed by atoms with Gasteiger partial charge in [0.2, 0.25) is 5.91 Å². The van der Waals surface area contributed by atoms with Crippen LogP contribution in [-0.2, 0) is 11.3 Å². The van der Waals surface area contributed by atoms with Gasteiger partial charge in [-0.1, -0.05) is 13.8 Å². The zero-order chi connectivity index (χ0) is 15.9. The number of likely N-dealkylation sites (tertiary alicyclic amines) is 1. The largest absolute Gasteiger partial charge is 0.357 e. The van der Waals surface area contributed by atoms with E-state index in [1.54, 1.807) is 11.3 Å². The molecule has 1 aromatic heterocycles. The zero-order valence-electron chi connectivity index (χ0n) is 13.6. The summed E-state index contributed by atoms with van der Waals surface area (Å²) in [7, 11) is 0. The number of guanidine groups is 1. The second kappa shape index (κ2) is 8.17. The average Bonchev–Trinajstić information content (AvgIpc) is 3.15. The molecule has 6 heteroatoms. The molecule has 1 aromatic rings. The Kier molecular flexibility index (Phi) is 6.24. The molecular formula is C16H26N4OS. The van der Waals surface area contributed by atoms with Crippen molar-refractivity contribution in [2.24, 2.45) is 10.9 Å². The summed E-state index contributed by atoms with van der Waals surface area (Å²) in [5, 5.41) is 10.9. The van der Waals surface area contributed by atoms with E-state index in [1.165, 1.54) is 5.56 Å². The maximum absolute atomic E-state index is 12.0. The summed E-state index contributed by atoms with van der Waals surface area (Å²) >= 11 is 1.69. The minimum Gasteiger partial charge on any atom is -0.357 e. The highest BCUT2D eigenvalue weighted by molar-refractivity contribution is 7.07. The number of carbonyl (C=O) groups is 1. The number of amides is 1. The van der Waals surface area contributed by atoms with Crippen molar-refractivity contribution >= 4 is 23.2 Å². The molecule has 0 aliphatic carbocycles. The topological polar surface area (TPSA) is 56.7 Å². The fourth-order valence-electron chi connectivity index (χ4n) is 2.51. The van der Waals surface area contributed by atoms with E-state index in [0.717, 1.165) is 32.0 Å². The first-order valence-corrected chi connectivity index (χ1v) is 8.89. The number of hydrogen-bond donors (Lipinski definition) is 2. The molecule has 1 aliphatic heterocycles. The summed E-state index contributed by atoms with van der Waals surface area (Å²) in [5.74, 6) is 1.14. The van der Waals surface area contributed by atoms with E-state index in [-0.39, 0.29) is 17.9 Å². The van der Waals surface area contributed by atoms with Crippen molar-refractivity contribution < 1.29 is 4.79 Å². The van der Waals surface area contributed by atoms with Gasteiger partial charge in [0, 0.05) is 31.6 Å². The highest BCUT2D eigenvalue weighted by Gasteiger charge is 2.27. The third kappa shape index (κ3) is 4.73. The first-order chi connectivity index (χ1) is 10.6. The number of nitrogens with zero attached hydrogens (tertiary/aromatic N) is 2. The highest BCUT2D eigenvalue weighted by atomic mass is 32.1. The van der Waals surface area contributed by atoms with Gasteiger partial charge < -0.3 is 15.5 Å². The predicted octanol–water partition coefficient (Wildman–Crippen LogP) is 2.06. The maximum Gasteiger partial charge on any atom is 0.225 e. The van der Waals surface area contributed by atoms with E-state index in [2.05, 4.69) is 39.4 Å². The quantitative estimate of drug-likeness (QED) is 0.644. The first kappa shape index (κ1) is 16.8. The van der Waals surface area contributed by atoms with Crippen LogP contribution in [0.2, 0.25) is 0 Å². The van der Waals surface area contributed by atoms with Crippen molar-refractivity contribution in [2.75, 3.05) is 19.6 Å². The van der Waals surface area contributed by atoms with Gasteiger partial charge in [-0.2, -0.15) is 11.3 Å². The van der Waals surface area contributed by atoms with E-state index in [9.17, 15) is 4.79 Å². The Balaban J connectivity index is 1.89. The Morgan fingerprint density at radius 1 is 1.55 bits per heavy atom. The highest BCUT2D eigenvalue weighted by Crippen LogP contribution is 2.13.